The van der Waals surface area contributed by atoms with Gasteiger partial charge in [0, 0.05) is 24.7 Å². The van der Waals surface area contributed by atoms with E-state index in [2.05, 4.69) is 4.90 Å². The zero-order valence-corrected chi connectivity index (χ0v) is 29.7. The van der Waals surface area contributed by atoms with Crippen LogP contribution in [0.5, 0.6) is 5.75 Å². The number of carbonyl (C=O) groups is 1. The third-order valence-corrected chi connectivity index (χ3v) is 10.4. The normalized spacial score (nSPS) is 12.4. The summed E-state index contributed by atoms with van der Waals surface area (Å²) in [5.41, 5.74) is 3.27. The van der Waals surface area contributed by atoms with Crippen LogP contribution in [0.3, 0.4) is 0 Å². The molecule has 0 aliphatic carbocycles. The number of carbonyl (C=O) groups excluding carboxylic acids is 1. The van der Waals surface area contributed by atoms with Gasteiger partial charge in [0.25, 0.3) is 5.91 Å². The molecule has 12 heteroatoms. The Labute approximate surface area is 298 Å². The van der Waals surface area contributed by atoms with Gasteiger partial charge in [-0.15, -0.1) is 0 Å². The Morgan fingerprint density at radius 2 is 1.42 bits per heavy atom. The molecule has 0 aliphatic heterocycles. The maximum absolute atomic E-state index is 13.7. The Morgan fingerprint density at radius 1 is 0.780 bits per heavy atom. The van der Waals surface area contributed by atoms with Crippen LogP contribution in [0, 0.1) is 0 Å². The monoisotopic (exact) mass is 732 g/mol. The van der Waals surface area contributed by atoms with Crippen molar-refractivity contribution >= 4 is 37.4 Å². The molecule has 0 aliphatic rings. The summed E-state index contributed by atoms with van der Waals surface area (Å²) >= 11 is 6.15. The average molecular weight is 733 g/mol. The molecule has 2 N–H and O–H groups in total. The van der Waals surface area contributed by atoms with E-state index in [1.165, 1.54) is 24.3 Å². The Hall–Kier alpha value is -4.52. The summed E-state index contributed by atoms with van der Waals surface area (Å²) in [6.07, 6.45) is 0.655. The zero-order valence-electron chi connectivity index (χ0n) is 27.3. The third kappa shape index (κ3) is 10.3. The van der Waals surface area contributed by atoms with E-state index in [-0.39, 0.29) is 27.7 Å². The number of hydrogen-bond donors (Lipinski definition) is 2. The number of hydrogen-bond acceptors (Lipinski definition) is 8. The van der Waals surface area contributed by atoms with Crippen LogP contribution in [0.25, 0.3) is 0 Å². The Kier molecular flexibility index (Phi) is 12.1. The zero-order chi connectivity index (χ0) is 35.7. The second-order valence-corrected chi connectivity index (χ2v) is 16.0. The molecular weight excluding hydrogens is 696 g/mol. The van der Waals surface area contributed by atoms with Crippen LogP contribution in [0.2, 0.25) is 5.02 Å². The highest BCUT2D eigenvalue weighted by atomic mass is 35.5. The number of halogens is 1. The lowest BCUT2D eigenvalue weighted by molar-refractivity contribution is 0.0977. The highest BCUT2D eigenvalue weighted by Crippen LogP contribution is 2.28. The van der Waals surface area contributed by atoms with Crippen molar-refractivity contribution in [3.8, 4) is 5.75 Å². The first-order chi connectivity index (χ1) is 23.9. The summed E-state index contributed by atoms with van der Waals surface area (Å²) in [5, 5.41) is 11.6. The molecule has 0 unspecified atom stereocenters. The summed E-state index contributed by atoms with van der Waals surface area (Å²) in [6, 6.07) is 36.5. The molecule has 0 bridgehead atoms. The van der Waals surface area contributed by atoms with Crippen molar-refractivity contribution in [1.82, 2.24) is 9.62 Å². The second kappa shape index (κ2) is 16.5. The van der Waals surface area contributed by atoms with Gasteiger partial charge in [0.2, 0.25) is 19.9 Å². The predicted octanol–water partition coefficient (Wildman–Crippen LogP) is 6.22. The van der Waals surface area contributed by atoms with E-state index in [0.29, 0.717) is 31.1 Å². The summed E-state index contributed by atoms with van der Waals surface area (Å²) in [7, 11) is -8.04. The maximum atomic E-state index is 13.7. The highest BCUT2D eigenvalue weighted by molar-refractivity contribution is 7.91. The van der Waals surface area contributed by atoms with E-state index in [1.54, 1.807) is 30.3 Å². The van der Waals surface area contributed by atoms with E-state index in [4.69, 9.17) is 16.3 Å². The van der Waals surface area contributed by atoms with Gasteiger partial charge in [-0.2, -0.15) is 0 Å². The smallest absolute Gasteiger partial charge is 0.268 e. The molecule has 0 saturated carbocycles. The van der Waals surface area contributed by atoms with Crippen molar-refractivity contribution in [3.05, 3.63) is 160 Å². The molecular formula is C38H37ClN2O7S2. The van der Waals surface area contributed by atoms with E-state index >= 15 is 0 Å². The van der Waals surface area contributed by atoms with Gasteiger partial charge in [-0.05, 0) is 71.1 Å². The van der Waals surface area contributed by atoms with Crippen LogP contribution < -0.4 is 9.46 Å². The topological polar surface area (TPSA) is 130 Å². The number of sulfone groups is 1. The largest absolute Gasteiger partial charge is 0.488 e. The van der Waals surface area contributed by atoms with Gasteiger partial charge in [-0.3, -0.25) is 9.69 Å². The van der Waals surface area contributed by atoms with Crippen LogP contribution >= 0.6 is 11.6 Å². The quantitative estimate of drug-likeness (QED) is 0.130. The Balaban J connectivity index is 1.33. The number of sulfonamides is 1. The van der Waals surface area contributed by atoms with Crippen LogP contribution in [0.15, 0.2) is 137 Å². The standard InChI is InChI=1S/C38H37ClN2O7S2/c1-49(44,45)40-38(43)35-24-34(19-20-37(35)48-27-30-11-6-3-7-12-30)50(46,47)33-17-15-28(16-18-33)21-22-41(25-29-9-4-2-5-10-29)26-36(42)31-13-8-14-32(39)23-31/h2-20,23-24,36,42H,21-22,25-27H2,1H3,(H,40,43)/t36-/m1/s1. The van der Waals surface area contributed by atoms with Gasteiger partial charge in [0.1, 0.15) is 12.4 Å². The number of nitrogens with one attached hydrogen (secondary N) is 1. The fourth-order valence-corrected chi connectivity index (χ4v) is 7.27. The van der Waals surface area contributed by atoms with E-state index in [9.17, 15) is 26.7 Å². The number of rotatable bonds is 15. The number of ether oxygens (including phenoxy) is 1. The van der Waals surface area contributed by atoms with Gasteiger partial charge in [-0.1, -0.05) is 96.5 Å². The van der Waals surface area contributed by atoms with Crippen LogP contribution in [-0.2, 0) is 39.4 Å². The van der Waals surface area contributed by atoms with Crippen molar-refractivity contribution in [2.24, 2.45) is 0 Å². The number of benzene rings is 5. The SMILES string of the molecule is CS(=O)(=O)NC(=O)c1cc(S(=O)(=O)c2ccc(CCN(Cc3ccccc3)C[C@@H](O)c3cccc(Cl)c3)cc2)ccc1OCc1ccccc1. The molecule has 5 aromatic carbocycles. The molecule has 50 heavy (non-hydrogen) atoms. The number of aliphatic hydroxyl groups excluding tert-OH is 1. The van der Waals surface area contributed by atoms with Crippen LogP contribution in [-0.4, -0.2) is 52.1 Å². The van der Waals surface area contributed by atoms with Crippen molar-refractivity contribution in [2.45, 2.75) is 35.5 Å². The summed E-state index contributed by atoms with van der Waals surface area (Å²) in [5.74, 6) is -0.978. The van der Waals surface area contributed by atoms with E-state index in [0.717, 1.165) is 34.6 Å². The molecule has 1 atom stereocenters. The first kappa shape index (κ1) is 36.8. The lowest BCUT2D eigenvalue weighted by Crippen LogP contribution is -2.30. The van der Waals surface area contributed by atoms with Crippen molar-refractivity contribution in [2.75, 3.05) is 19.3 Å². The van der Waals surface area contributed by atoms with Crippen molar-refractivity contribution < 1.29 is 31.5 Å². The molecule has 5 rings (SSSR count). The van der Waals surface area contributed by atoms with Crippen LogP contribution in [0.1, 0.15) is 38.7 Å². The maximum Gasteiger partial charge on any atom is 0.268 e. The highest BCUT2D eigenvalue weighted by Gasteiger charge is 2.24. The minimum Gasteiger partial charge on any atom is -0.488 e. The van der Waals surface area contributed by atoms with Gasteiger partial charge >= 0.3 is 0 Å². The Morgan fingerprint density at radius 3 is 2.06 bits per heavy atom. The molecule has 5 aromatic rings. The summed E-state index contributed by atoms with van der Waals surface area (Å²) in [4.78, 5) is 14.9. The third-order valence-electron chi connectivity index (χ3n) is 7.89. The fraction of sp³-hybridized carbons (Fsp3) is 0.184. The van der Waals surface area contributed by atoms with Crippen LogP contribution in [0.4, 0.5) is 0 Å². The molecule has 0 fully saturated rings. The van der Waals surface area contributed by atoms with Gasteiger partial charge in [0.05, 0.1) is 27.7 Å². The van der Waals surface area contributed by atoms with E-state index < -0.39 is 31.9 Å². The van der Waals surface area contributed by atoms with Gasteiger partial charge in [-0.25, -0.2) is 21.6 Å². The number of aliphatic hydroxyl groups is 1. The van der Waals surface area contributed by atoms with Gasteiger partial charge < -0.3 is 9.84 Å². The molecule has 0 heterocycles. The second-order valence-electron chi connectivity index (χ2n) is 11.8. The van der Waals surface area contributed by atoms with E-state index in [1.807, 2.05) is 71.5 Å². The minimum absolute atomic E-state index is 0.00574. The first-order valence-corrected chi connectivity index (χ1v) is 19.5. The molecule has 0 aromatic heterocycles. The predicted molar refractivity (Wildman–Crippen MR) is 193 cm³/mol. The molecule has 260 valence electrons. The van der Waals surface area contributed by atoms with Crippen molar-refractivity contribution in [1.29, 1.82) is 0 Å². The molecule has 0 spiro atoms. The molecule has 9 nitrogen and oxygen atoms in total. The summed E-state index contributed by atoms with van der Waals surface area (Å²) in [6.45, 7) is 1.63. The Bertz CT molecular complexity index is 2130. The first-order valence-electron chi connectivity index (χ1n) is 15.7. The summed E-state index contributed by atoms with van der Waals surface area (Å²) < 4.78 is 58.8. The lowest BCUT2D eigenvalue weighted by Gasteiger charge is -2.25. The molecule has 1 amide bonds. The average Bonchev–Trinajstić information content (AvgIpc) is 3.10. The lowest BCUT2D eigenvalue weighted by atomic mass is 10.1. The fourth-order valence-electron chi connectivity index (χ4n) is 5.34. The number of nitrogens with zero attached hydrogens (tertiary/aromatic N) is 1. The minimum atomic E-state index is -4.10. The number of amides is 1. The van der Waals surface area contributed by atoms with Crippen molar-refractivity contribution in [3.63, 3.8) is 0 Å². The van der Waals surface area contributed by atoms with Gasteiger partial charge in [0.15, 0.2) is 0 Å². The molecule has 0 radical (unpaired) electrons. The molecule has 0 saturated heterocycles.